The number of carbonyl (C=O) groups excluding carboxylic acids is 1. The molecule has 0 aromatic rings. The Morgan fingerprint density at radius 1 is 1.26 bits per heavy atom. The molecule has 0 spiro atoms. The Balaban J connectivity index is 2.91. The predicted molar refractivity (Wildman–Crippen MR) is 58.5 cm³/mol. The van der Waals surface area contributed by atoms with Crippen molar-refractivity contribution in [2.45, 2.75) is 45.0 Å². The smallest absolute Gasteiger partial charge is 0.411 e. The Labute approximate surface area is 108 Å². The van der Waals surface area contributed by atoms with Crippen molar-refractivity contribution in [3.63, 3.8) is 0 Å². The molecule has 1 rings (SSSR count). The second-order valence-corrected chi connectivity index (χ2v) is 5.39. The first-order valence-corrected chi connectivity index (χ1v) is 5.72. The Morgan fingerprint density at radius 2 is 1.79 bits per heavy atom. The van der Waals surface area contributed by atoms with Crippen LogP contribution in [0.2, 0.25) is 0 Å². The molecule has 2 atom stereocenters. The van der Waals surface area contributed by atoms with E-state index >= 15 is 0 Å². The van der Waals surface area contributed by atoms with Crippen LogP contribution < -0.4 is 0 Å². The van der Waals surface area contributed by atoms with E-state index in [1.165, 1.54) is 0 Å². The Kier molecular flexibility index (Phi) is 4.02. The fourth-order valence-corrected chi connectivity index (χ4v) is 1.97. The van der Waals surface area contributed by atoms with Crippen LogP contribution in [-0.4, -0.2) is 46.4 Å². The average molecular weight is 283 g/mol. The molecule has 19 heavy (non-hydrogen) atoms. The van der Waals surface area contributed by atoms with E-state index in [9.17, 15) is 22.8 Å². The third-order valence-corrected chi connectivity index (χ3v) is 2.70. The normalized spacial score (nSPS) is 24.4. The summed E-state index contributed by atoms with van der Waals surface area (Å²) in [6.07, 6.45) is -6.12. The summed E-state index contributed by atoms with van der Waals surface area (Å²) in [5.41, 5.74) is -0.892. The van der Waals surface area contributed by atoms with Crippen LogP contribution in [0.3, 0.4) is 0 Å². The van der Waals surface area contributed by atoms with Crippen molar-refractivity contribution in [3.8, 4) is 0 Å². The highest BCUT2D eigenvalue weighted by Gasteiger charge is 2.55. The van der Waals surface area contributed by atoms with Gasteiger partial charge in [0.25, 0.3) is 0 Å². The summed E-state index contributed by atoms with van der Waals surface area (Å²) in [5, 5.41) is 8.92. The van der Waals surface area contributed by atoms with Crippen LogP contribution in [0.4, 0.5) is 18.0 Å². The molecule has 8 heteroatoms. The van der Waals surface area contributed by atoms with Crippen molar-refractivity contribution >= 4 is 12.1 Å². The molecule has 1 saturated heterocycles. The van der Waals surface area contributed by atoms with Gasteiger partial charge in [-0.1, -0.05) is 0 Å². The van der Waals surface area contributed by atoms with Gasteiger partial charge < -0.3 is 9.84 Å². The molecule has 0 saturated carbocycles. The number of carboxylic acids is 1. The van der Waals surface area contributed by atoms with Crippen LogP contribution >= 0.6 is 0 Å². The number of halogens is 3. The zero-order valence-corrected chi connectivity index (χ0v) is 10.8. The molecule has 1 amide bonds. The van der Waals surface area contributed by atoms with E-state index < -0.39 is 42.2 Å². The molecule has 1 N–H and O–H groups in total. The Hall–Kier alpha value is -1.47. The summed E-state index contributed by atoms with van der Waals surface area (Å²) < 4.78 is 43.0. The van der Waals surface area contributed by atoms with Gasteiger partial charge in [-0.2, -0.15) is 13.2 Å². The highest BCUT2D eigenvalue weighted by molar-refractivity contribution is 5.81. The standard InChI is InChI=1S/C11H16F3NO4/c1-10(2,3)19-9(18)15-5-4-6(11(12,13)14)7(15)8(16)17/h6-7H,4-5H2,1-3H3,(H,16,17). The van der Waals surface area contributed by atoms with Gasteiger partial charge in [0, 0.05) is 6.54 Å². The van der Waals surface area contributed by atoms with Gasteiger partial charge in [-0.3, -0.25) is 4.90 Å². The molecular formula is C11H16F3NO4. The van der Waals surface area contributed by atoms with Crippen LogP contribution in [0.1, 0.15) is 27.2 Å². The molecule has 1 aliphatic heterocycles. The zero-order chi connectivity index (χ0) is 15.0. The molecule has 1 heterocycles. The van der Waals surface area contributed by atoms with Crippen molar-refractivity contribution in [1.82, 2.24) is 4.90 Å². The molecule has 5 nitrogen and oxygen atoms in total. The number of amides is 1. The van der Waals surface area contributed by atoms with Crippen LogP contribution in [0.5, 0.6) is 0 Å². The second-order valence-electron chi connectivity index (χ2n) is 5.39. The van der Waals surface area contributed by atoms with Gasteiger partial charge in [-0.25, -0.2) is 9.59 Å². The summed E-state index contributed by atoms with van der Waals surface area (Å²) >= 11 is 0. The first-order valence-electron chi connectivity index (χ1n) is 5.72. The van der Waals surface area contributed by atoms with Gasteiger partial charge in [0.05, 0.1) is 5.92 Å². The van der Waals surface area contributed by atoms with Crippen molar-refractivity contribution in [2.75, 3.05) is 6.54 Å². The van der Waals surface area contributed by atoms with Gasteiger partial charge in [-0.15, -0.1) is 0 Å². The summed E-state index contributed by atoms with van der Waals surface area (Å²) in [7, 11) is 0. The van der Waals surface area contributed by atoms with Gasteiger partial charge >= 0.3 is 18.2 Å². The maximum atomic E-state index is 12.7. The van der Waals surface area contributed by atoms with Gasteiger partial charge in [-0.05, 0) is 27.2 Å². The lowest BCUT2D eigenvalue weighted by Gasteiger charge is -2.28. The van der Waals surface area contributed by atoms with Crippen LogP contribution in [0.15, 0.2) is 0 Å². The number of likely N-dealkylation sites (tertiary alicyclic amines) is 1. The van der Waals surface area contributed by atoms with E-state index in [4.69, 9.17) is 9.84 Å². The lowest BCUT2D eigenvalue weighted by molar-refractivity contribution is -0.187. The van der Waals surface area contributed by atoms with E-state index in [-0.39, 0.29) is 6.54 Å². The lowest BCUT2D eigenvalue weighted by atomic mass is 10.00. The largest absolute Gasteiger partial charge is 0.480 e. The first-order chi connectivity index (χ1) is 8.43. The maximum Gasteiger partial charge on any atom is 0.411 e. The van der Waals surface area contributed by atoms with E-state index in [0.717, 1.165) is 0 Å². The number of nitrogens with zero attached hydrogens (tertiary/aromatic N) is 1. The summed E-state index contributed by atoms with van der Waals surface area (Å²) in [5.74, 6) is -3.73. The minimum absolute atomic E-state index is 0.282. The predicted octanol–water partition coefficient (Wildman–Crippen LogP) is 2.26. The minimum Gasteiger partial charge on any atom is -0.480 e. The monoisotopic (exact) mass is 283 g/mol. The van der Waals surface area contributed by atoms with Gasteiger partial charge in [0.15, 0.2) is 0 Å². The second kappa shape index (κ2) is 4.90. The van der Waals surface area contributed by atoms with Crippen LogP contribution in [-0.2, 0) is 9.53 Å². The van der Waals surface area contributed by atoms with Crippen molar-refractivity contribution in [2.24, 2.45) is 5.92 Å². The average Bonchev–Trinajstić information content (AvgIpc) is 2.57. The summed E-state index contributed by atoms with van der Waals surface area (Å²) in [6, 6.07) is -1.92. The summed E-state index contributed by atoms with van der Waals surface area (Å²) in [6.45, 7) is 4.38. The molecule has 0 aromatic heterocycles. The maximum absolute atomic E-state index is 12.7. The highest BCUT2D eigenvalue weighted by Crippen LogP contribution is 2.38. The molecule has 0 aliphatic carbocycles. The van der Waals surface area contributed by atoms with E-state index in [0.29, 0.717) is 4.90 Å². The first kappa shape index (κ1) is 15.6. The molecule has 0 bridgehead atoms. The zero-order valence-electron chi connectivity index (χ0n) is 10.8. The fourth-order valence-electron chi connectivity index (χ4n) is 1.97. The number of rotatable bonds is 1. The van der Waals surface area contributed by atoms with E-state index in [1.54, 1.807) is 20.8 Å². The van der Waals surface area contributed by atoms with Gasteiger partial charge in [0.2, 0.25) is 0 Å². The Bertz CT molecular complexity index is 375. The van der Waals surface area contributed by atoms with Crippen LogP contribution in [0.25, 0.3) is 0 Å². The molecular weight excluding hydrogens is 267 g/mol. The number of aliphatic carboxylic acids is 1. The third kappa shape index (κ3) is 3.74. The molecule has 1 aliphatic rings. The summed E-state index contributed by atoms with van der Waals surface area (Å²) in [4.78, 5) is 23.3. The molecule has 0 radical (unpaired) electrons. The fraction of sp³-hybridized carbons (Fsp3) is 0.818. The van der Waals surface area contributed by atoms with Crippen molar-refractivity contribution < 1.29 is 32.6 Å². The molecule has 0 aromatic carbocycles. The van der Waals surface area contributed by atoms with Crippen molar-refractivity contribution in [3.05, 3.63) is 0 Å². The van der Waals surface area contributed by atoms with E-state index in [1.807, 2.05) is 0 Å². The number of ether oxygens (including phenoxy) is 1. The quantitative estimate of drug-likeness (QED) is 0.801. The number of carbonyl (C=O) groups is 2. The van der Waals surface area contributed by atoms with Crippen molar-refractivity contribution in [1.29, 1.82) is 0 Å². The minimum atomic E-state index is -4.65. The Morgan fingerprint density at radius 3 is 2.16 bits per heavy atom. The SMILES string of the molecule is CC(C)(C)OC(=O)N1CCC(C(F)(F)F)C1C(=O)O. The molecule has 2 unspecified atom stereocenters. The van der Waals surface area contributed by atoms with Gasteiger partial charge in [0.1, 0.15) is 11.6 Å². The number of carboxylic acid groups (broad SMARTS) is 1. The highest BCUT2D eigenvalue weighted by atomic mass is 19.4. The number of hydrogen-bond acceptors (Lipinski definition) is 3. The van der Waals surface area contributed by atoms with E-state index in [2.05, 4.69) is 0 Å². The topological polar surface area (TPSA) is 66.8 Å². The number of hydrogen-bond donors (Lipinski definition) is 1. The molecule has 1 fully saturated rings. The lowest BCUT2D eigenvalue weighted by Crippen LogP contribution is -2.48. The van der Waals surface area contributed by atoms with Crippen LogP contribution in [0, 0.1) is 5.92 Å². The third-order valence-electron chi connectivity index (χ3n) is 2.70. The number of alkyl halides is 3. The molecule has 110 valence electrons.